The summed E-state index contributed by atoms with van der Waals surface area (Å²) in [5.41, 5.74) is 5.66. The van der Waals surface area contributed by atoms with E-state index in [-0.39, 0.29) is 11.8 Å². The SMILES string of the molecule is CCOc1ccc([C@H](CC(=O)NCc2ccncc2)c2cn(Cc3ccccc3)c3ccccc23)cc1. The van der Waals surface area contributed by atoms with E-state index in [1.165, 1.54) is 10.9 Å². The smallest absolute Gasteiger partial charge is 0.221 e. The quantitative estimate of drug-likeness (QED) is 0.250. The summed E-state index contributed by atoms with van der Waals surface area (Å²) in [6.45, 7) is 3.84. The molecule has 0 spiro atoms. The first kappa shape index (κ1) is 24.3. The number of para-hydroxylation sites is 1. The van der Waals surface area contributed by atoms with Gasteiger partial charge in [0.15, 0.2) is 0 Å². The molecule has 0 fully saturated rings. The summed E-state index contributed by atoms with van der Waals surface area (Å²) < 4.78 is 7.96. The van der Waals surface area contributed by atoms with Gasteiger partial charge in [-0.05, 0) is 59.5 Å². The predicted molar refractivity (Wildman–Crippen MR) is 148 cm³/mol. The van der Waals surface area contributed by atoms with Crippen LogP contribution in [-0.4, -0.2) is 22.1 Å². The van der Waals surface area contributed by atoms with Gasteiger partial charge in [-0.1, -0.05) is 60.7 Å². The summed E-state index contributed by atoms with van der Waals surface area (Å²) in [5.74, 6) is 0.740. The van der Waals surface area contributed by atoms with Gasteiger partial charge in [-0.25, -0.2) is 0 Å². The summed E-state index contributed by atoms with van der Waals surface area (Å²) >= 11 is 0. The van der Waals surface area contributed by atoms with Crippen molar-refractivity contribution < 1.29 is 9.53 Å². The van der Waals surface area contributed by atoms with Gasteiger partial charge in [0.25, 0.3) is 0 Å². The number of pyridine rings is 1. The molecule has 0 aliphatic rings. The van der Waals surface area contributed by atoms with E-state index in [4.69, 9.17) is 4.74 Å². The Morgan fingerprint density at radius 2 is 1.62 bits per heavy atom. The molecule has 0 aliphatic heterocycles. The van der Waals surface area contributed by atoms with Gasteiger partial charge in [-0.15, -0.1) is 0 Å². The van der Waals surface area contributed by atoms with Crippen LogP contribution in [0.1, 0.15) is 41.5 Å². The third-order valence-corrected chi connectivity index (χ3v) is 6.61. The number of fused-ring (bicyclic) bond motifs is 1. The second-order valence-electron chi connectivity index (χ2n) is 9.11. The highest BCUT2D eigenvalue weighted by Crippen LogP contribution is 2.36. The van der Waals surface area contributed by atoms with Gasteiger partial charge < -0.3 is 14.6 Å². The first-order chi connectivity index (χ1) is 18.2. The molecule has 3 aromatic carbocycles. The van der Waals surface area contributed by atoms with Gasteiger partial charge in [0.2, 0.25) is 5.91 Å². The van der Waals surface area contributed by atoms with Crippen molar-refractivity contribution in [2.45, 2.75) is 32.4 Å². The largest absolute Gasteiger partial charge is 0.494 e. The maximum absolute atomic E-state index is 13.2. The molecule has 5 aromatic rings. The number of carbonyl (C=O) groups excluding carboxylic acids is 1. The molecule has 5 nitrogen and oxygen atoms in total. The highest BCUT2D eigenvalue weighted by molar-refractivity contribution is 5.86. The zero-order chi connectivity index (χ0) is 25.5. The molecular weight excluding hydrogens is 458 g/mol. The number of nitrogens with zero attached hydrogens (tertiary/aromatic N) is 2. The Labute approximate surface area is 217 Å². The highest BCUT2D eigenvalue weighted by atomic mass is 16.5. The van der Waals surface area contributed by atoms with Crippen molar-refractivity contribution in [1.29, 1.82) is 0 Å². The van der Waals surface area contributed by atoms with Gasteiger partial charge in [-0.3, -0.25) is 9.78 Å². The van der Waals surface area contributed by atoms with E-state index in [9.17, 15) is 4.79 Å². The predicted octanol–water partition coefficient (Wildman–Crippen LogP) is 6.32. The average molecular weight is 490 g/mol. The topological polar surface area (TPSA) is 56.1 Å². The minimum atomic E-state index is -0.102. The summed E-state index contributed by atoms with van der Waals surface area (Å²) in [4.78, 5) is 17.3. The van der Waals surface area contributed by atoms with Crippen LogP contribution < -0.4 is 10.1 Å². The zero-order valence-corrected chi connectivity index (χ0v) is 21.0. The van der Waals surface area contributed by atoms with Crippen LogP contribution in [0.15, 0.2) is 110 Å². The van der Waals surface area contributed by atoms with Crippen LogP contribution in [0, 0.1) is 0 Å². The number of benzene rings is 3. The van der Waals surface area contributed by atoms with Gasteiger partial charge in [0, 0.05) is 54.9 Å². The molecule has 5 heteroatoms. The van der Waals surface area contributed by atoms with Crippen molar-refractivity contribution in [3.05, 3.63) is 132 Å². The monoisotopic (exact) mass is 489 g/mol. The van der Waals surface area contributed by atoms with E-state index in [2.05, 4.69) is 81.7 Å². The molecule has 2 aromatic heterocycles. The third-order valence-electron chi connectivity index (χ3n) is 6.61. The molecular formula is C32H31N3O2. The molecule has 37 heavy (non-hydrogen) atoms. The summed E-state index contributed by atoms with van der Waals surface area (Å²) in [7, 11) is 0. The fourth-order valence-electron chi connectivity index (χ4n) is 4.79. The Balaban J connectivity index is 1.49. The van der Waals surface area contributed by atoms with Gasteiger partial charge in [0.05, 0.1) is 6.61 Å². The number of hydrogen-bond donors (Lipinski definition) is 1. The van der Waals surface area contributed by atoms with Crippen LogP contribution in [0.3, 0.4) is 0 Å². The number of ether oxygens (including phenoxy) is 1. The third kappa shape index (κ3) is 5.89. The van der Waals surface area contributed by atoms with Gasteiger partial charge >= 0.3 is 0 Å². The van der Waals surface area contributed by atoms with Gasteiger partial charge in [-0.2, -0.15) is 0 Å². The van der Waals surface area contributed by atoms with Crippen LogP contribution in [0.5, 0.6) is 5.75 Å². The first-order valence-corrected chi connectivity index (χ1v) is 12.7. The number of hydrogen-bond acceptors (Lipinski definition) is 3. The molecule has 0 unspecified atom stereocenters. The minimum absolute atomic E-state index is 0.00980. The van der Waals surface area contributed by atoms with Crippen LogP contribution >= 0.6 is 0 Å². The number of rotatable bonds is 10. The Kier molecular flexibility index (Phi) is 7.60. The van der Waals surface area contributed by atoms with Crippen molar-refractivity contribution in [3.8, 4) is 5.75 Å². The lowest BCUT2D eigenvalue weighted by atomic mass is 9.88. The Morgan fingerprint density at radius 1 is 0.892 bits per heavy atom. The number of aromatic nitrogens is 2. The lowest BCUT2D eigenvalue weighted by Gasteiger charge is -2.18. The van der Waals surface area contributed by atoms with E-state index in [0.717, 1.165) is 34.5 Å². The molecule has 0 saturated carbocycles. The molecule has 2 heterocycles. The lowest BCUT2D eigenvalue weighted by Crippen LogP contribution is -2.25. The molecule has 186 valence electrons. The maximum Gasteiger partial charge on any atom is 0.221 e. The summed E-state index contributed by atoms with van der Waals surface area (Å²) in [6, 6.07) is 30.9. The molecule has 0 bridgehead atoms. The molecule has 1 N–H and O–H groups in total. The molecule has 0 radical (unpaired) electrons. The summed E-state index contributed by atoms with van der Waals surface area (Å²) in [5, 5.41) is 4.26. The van der Waals surface area contributed by atoms with Crippen molar-refractivity contribution >= 4 is 16.8 Å². The van der Waals surface area contributed by atoms with E-state index < -0.39 is 0 Å². The fourth-order valence-corrected chi connectivity index (χ4v) is 4.79. The van der Waals surface area contributed by atoms with E-state index in [1.54, 1.807) is 12.4 Å². The molecule has 1 amide bonds. The maximum atomic E-state index is 13.2. The van der Waals surface area contributed by atoms with E-state index in [0.29, 0.717) is 19.6 Å². The zero-order valence-electron chi connectivity index (χ0n) is 21.0. The van der Waals surface area contributed by atoms with Gasteiger partial charge in [0.1, 0.15) is 5.75 Å². The van der Waals surface area contributed by atoms with E-state index in [1.807, 2.05) is 37.3 Å². The van der Waals surface area contributed by atoms with E-state index >= 15 is 0 Å². The normalized spacial score (nSPS) is 11.8. The van der Waals surface area contributed by atoms with Crippen molar-refractivity contribution in [3.63, 3.8) is 0 Å². The van der Waals surface area contributed by atoms with Crippen molar-refractivity contribution in [2.75, 3.05) is 6.61 Å². The fraction of sp³-hybridized carbons (Fsp3) is 0.188. The van der Waals surface area contributed by atoms with Crippen molar-refractivity contribution in [1.82, 2.24) is 14.9 Å². The second kappa shape index (κ2) is 11.6. The standard InChI is InChI=1S/C32H31N3O2/c1-2-37-27-14-12-26(13-15-27)29(20-32(36)34-21-24-16-18-33-19-17-24)30-23-35(22-25-8-4-3-5-9-25)31-11-7-6-10-28(30)31/h3-19,23,29H,2,20-22H2,1H3,(H,34,36)/t29-/m0/s1. The lowest BCUT2D eigenvalue weighted by molar-refractivity contribution is -0.121. The highest BCUT2D eigenvalue weighted by Gasteiger charge is 2.23. The number of carbonyl (C=O) groups is 1. The Bertz CT molecular complexity index is 1440. The average Bonchev–Trinajstić information content (AvgIpc) is 3.30. The Hall–Kier alpha value is -4.38. The Morgan fingerprint density at radius 3 is 2.38 bits per heavy atom. The second-order valence-corrected chi connectivity index (χ2v) is 9.11. The minimum Gasteiger partial charge on any atom is -0.494 e. The van der Waals surface area contributed by atoms with Crippen LogP contribution in [-0.2, 0) is 17.9 Å². The molecule has 0 aliphatic carbocycles. The van der Waals surface area contributed by atoms with Crippen molar-refractivity contribution in [2.24, 2.45) is 0 Å². The first-order valence-electron chi connectivity index (χ1n) is 12.7. The van der Waals surface area contributed by atoms with Crippen LogP contribution in [0.25, 0.3) is 10.9 Å². The number of amides is 1. The summed E-state index contributed by atoms with van der Waals surface area (Å²) in [6.07, 6.45) is 6.05. The molecule has 1 atom stereocenters. The van der Waals surface area contributed by atoms with Crippen LogP contribution in [0.2, 0.25) is 0 Å². The number of nitrogens with one attached hydrogen (secondary N) is 1. The molecule has 5 rings (SSSR count). The molecule has 0 saturated heterocycles. The van der Waals surface area contributed by atoms with Crippen LogP contribution in [0.4, 0.5) is 0 Å².